The lowest BCUT2D eigenvalue weighted by molar-refractivity contribution is -0.145. The first-order valence-electron chi connectivity index (χ1n) is 39.8. The number of ether oxygens (including phenoxy) is 3. The first-order chi connectivity index (χ1) is 51.5. The van der Waals surface area contributed by atoms with Gasteiger partial charge in [-0.05, 0) is 299 Å². The van der Waals surface area contributed by atoms with E-state index in [1.54, 1.807) is 49.1 Å². The molecular weight excluding hydrogens is 1410 g/mol. The van der Waals surface area contributed by atoms with Gasteiger partial charge < -0.3 is 67.4 Å². The van der Waals surface area contributed by atoms with Gasteiger partial charge in [-0.15, -0.1) is 0 Å². The number of aryl methyl sites for hydroxylation is 2. The van der Waals surface area contributed by atoms with Gasteiger partial charge in [0.25, 0.3) is 11.8 Å². The molecule has 2 heterocycles. The molecule has 2 saturated heterocycles. The van der Waals surface area contributed by atoms with Crippen LogP contribution in [0.2, 0.25) is 0 Å². The zero-order valence-corrected chi connectivity index (χ0v) is 66.6. The fourth-order valence-electron chi connectivity index (χ4n) is 21.6. The SMILES string of the molecule is NCCOCCN.NCCOCCNC(=O)CC12CC3CC(CC(C3)C1)C2.O=C(O)CC12CC3CC(CC(C3)C1)C2.[C-]#[N+]c1ccc(N2C(=O)C(C)(C)N(CCCC(=O)NCCOCCNC(=O)CC34CC5CC(CC(C5)C3)C4)C2=S)cc1C.[C-]#[N+]c1ccc(N2C(=O)C(C)(C)N(CCCC(=O)O)C2=S)cc1C. The Hall–Kier alpha value is -6.75. The number of carboxylic acids is 2. The second-order valence-corrected chi connectivity index (χ2v) is 35.2. The summed E-state index contributed by atoms with van der Waals surface area (Å²) in [5, 5.41) is 27.5. The Bertz CT molecular complexity index is 3500. The topological polar surface area (TPSA) is 323 Å². The van der Waals surface area contributed by atoms with Crippen LogP contribution in [0.4, 0.5) is 22.7 Å². The van der Waals surface area contributed by atoms with Gasteiger partial charge in [-0.2, -0.15) is 0 Å². The van der Waals surface area contributed by atoms with Crippen LogP contribution >= 0.6 is 24.4 Å². The zero-order chi connectivity index (χ0) is 78.1. The quantitative estimate of drug-likeness (QED) is 0.0197. The van der Waals surface area contributed by atoms with Gasteiger partial charge in [-0.25, -0.2) is 9.69 Å². The number of thiocarbonyl (C=S) groups is 2. The highest BCUT2D eigenvalue weighted by molar-refractivity contribution is 7.80. The summed E-state index contributed by atoms with van der Waals surface area (Å²) in [5.41, 5.74) is 18.6. The van der Waals surface area contributed by atoms with E-state index < -0.39 is 23.0 Å². The third-order valence-corrected chi connectivity index (χ3v) is 25.7. The minimum atomic E-state index is -0.869. The standard InChI is InChI=1S/C33H45N5O4S.C17H19N3O3S.C16H28N2O2.C12H18O2.C4H12N2O/c1-22-14-26(7-8-27(22)34-4)38-30(41)32(2,3)37(31(38)43)11-5-6-28(39)35-9-12-42-13-10-36-29(40)21-33-18-23-15-24(19-33)17-25(16-23)20-33;1-11-10-12(7-8-13(11)18-4)20-15(23)17(2,3)19(16(20)24)9-5-6-14(21)22;17-1-3-20-4-2-18-15(19)11-16-8-12-5-13(9-16)7-14(6-12)10-16;13-11(14)7-12-4-8-1-9(5-12)3-10(2-8)6-12;5-1-3-7-4-2-6/h7-8,14,23-25H,5-6,9-13,15-21H2,1-3H3,(H,35,39)(H,36,40);7-8,10H,5-6,9H2,1-3H3,(H,21,22);12-14H,1-11,17H2,(H,18,19);8-10H,1-7H2,(H,13,14);1-6H2. The smallest absolute Gasteiger partial charge is 0.303 e. The summed E-state index contributed by atoms with van der Waals surface area (Å²) in [6.45, 7) is 32.6. The monoisotopic (exact) mass is 1530 g/mol. The van der Waals surface area contributed by atoms with Crippen LogP contribution in [-0.2, 0) is 47.8 Å². The number of aliphatic carboxylic acids is 2. The van der Waals surface area contributed by atoms with Gasteiger partial charge in [-0.3, -0.25) is 43.4 Å². The molecule has 594 valence electrons. The number of hydrogen-bond acceptors (Lipinski definition) is 15. The van der Waals surface area contributed by atoms with Gasteiger partial charge in [0.1, 0.15) is 11.1 Å². The van der Waals surface area contributed by atoms with Crippen LogP contribution in [-0.4, -0.2) is 175 Å². The van der Waals surface area contributed by atoms with Crippen LogP contribution < -0.4 is 43.0 Å². The van der Waals surface area contributed by atoms with Crippen molar-refractivity contribution in [2.24, 2.45) is 86.7 Å². The van der Waals surface area contributed by atoms with Gasteiger partial charge in [0.2, 0.25) is 17.7 Å². The number of nitrogens with zero attached hydrogens (tertiary/aromatic N) is 6. The summed E-state index contributed by atoms with van der Waals surface area (Å²) in [5.74, 6) is 6.50. The van der Waals surface area contributed by atoms with Crippen LogP contribution in [0.1, 0.15) is 199 Å². The van der Waals surface area contributed by atoms with Crippen molar-refractivity contribution in [2.75, 3.05) is 102 Å². The van der Waals surface area contributed by atoms with Crippen molar-refractivity contribution >= 4 is 98.9 Å². The van der Waals surface area contributed by atoms with Gasteiger partial charge >= 0.3 is 11.9 Å². The number of carboxylic acid groups (broad SMARTS) is 2. The molecule has 2 aromatic rings. The van der Waals surface area contributed by atoms with E-state index in [2.05, 4.69) is 25.6 Å². The first-order valence-corrected chi connectivity index (χ1v) is 40.6. The highest BCUT2D eigenvalue weighted by atomic mass is 32.1. The molecule has 2 aromatic carbocycles. The molecule has 0 unspecified atom stereocenters. The third-order valence-electron chi connectivity index (χ3n) is 24.9. The van der Waals surface area contributed by atoms with E-state index in [9.17, 15) is 33.6 Å². The lowest BCUT2D eigenvalue weighted by atomic mass is 9.49. The van der Waals surface area contributed by atoms with E-state index >= 15 is 0 Å². The van der Waals surface area contributed by atoms with Crippen molar-refractivity contribution in [1.82, 2.24) is 25.8 Å². The molecule has 12 bridgehead atoms. The van der Waals surface area contributed by atoms with Crippen molar-refractivity contribution in [3.8, 4) is 0 Å². The predicted octanol–water partition coefficient (Wildman–Crippen LogP) is 11.3. The molecule has 24 nitrogen and oxygen atoms in total. The molecule has 11 N–H and O–H groups in total. The molecular formula is C82H122N12O12S2. The third kappa shape index (κ3) is 22.1. The fraction of sp³-hybridized carbons (Fsp3) is 0.720. The van der Waals surface area contributed by atoms with Crippen molar-refractivity contribution in [2.45, 2.75) is 213 Å². The van der Waals surface area contributed by atoms with Gasteiger partial charge in [0.15, 0.2) is 21.6 Å². The second-order valence-electron chi connectivity index (χ2n) is 34.5. The number of hydrogen-bond donors (Lipinski definition) is 8. The predicted molar refractivity (Wildman–Crippen MR) is 425 cm³/mol. The van der Waals surface area contributed by atoms with Gasteiger partial charge in [0, 0.05) is 89.4 Å². The first kappa shape index (κ1) is 85.3. The summed E-state index contributed by atoms with van der Waals surface area (Å²) in [4.78, 5) is 98.5. The second kappa shape index (κ2) is 38.5. The molecule has 5 amide bonds. The molecule has 14 aliphatic rings. The zero-order valence-electron chi connectivity index (χ0n) is 64.9. The maximum Gasteiger partial charge on any atom is 0.303 e. The summed E-state index contributed by atoms with van der Waals surface area (Å²) < 4.78 is 15.8. The number of anilines is 2. The molecule has 0 aromatic heterocycles. The molecule has 0 spiro atoms. The fourth-order valence-corrected chi connectivity index (χ4v) is 22.6. The van der Waals surface area contributed by atoms with E-state index in [0.29, 0.717) is 162 Å². The summed E-state index contributed by atoms with van der Waals surface area (Å²) in [6.07, 6.45) is 27.1. The molecule has 108 heavy (non-hydrogen) atoms. The van der Waals surface area contributed by atoms with Crippen LogP contribution in [0.3, 0.4) is 0 Å². The average Bonchev–Trinajstić information content (AvgIpc) is 1.31. The maximum atomic E-state index is 13.3. The molecule has 0 atom stereocenters. The van der Waals surface area contributed by atoms with Crippen molar-refractivity contribution in [3.63, 3.8) is 0 Å². The highest BCUT2D eigenvalue weighted by Crippen LogP contribution is 2.64. The molecule has 2 aliphatic heterocycles. The van der Waals surface area contributed by atoms with Crippen molar-refractivity contribution < 1.29 is 58.0 Å². The Morgan fingerprint density at radius 2 is 0.769 bits per heavy atom. The lowest BCUT2D eigenvalue weighted by Crippen LogP contribution is -2.48. The maximum absolute atomic E-state index is 13.3. The molecule has 14 fully saturated rings. The van der Waals surface area contributed by atoms with E-state index in [-0.39, 0.29) is 46.8 Å². The van der Waals surface area contributed by atoms with Crippen molar-refractivity contribution in [3.05, 3.63) is 70.4 Å². The molecule has 0 radical (unpaired) electrons. The molecule has 26 heteroatoms. The Kier molecular flexibility index (Phi) is 30.4. The van der Waals surface area contributed by atoms with E-state index in [1.807, 2.05) is 38.7 Å². The molecule has 16 rings (SSSR count). The van der Waals surface area contributed by atoms with E-state index in [0.717, 1.165) is 70.8 Å². The van der Waals surface area contributed by atoms with E-state index in [4.69, 9.17) is 79.2 Å². The van der Waals surface area contributed by atoms with Gasteiger partial charge in [0.05, 0.1) is 59.2 Å². The Labute approximate surface area is 651 Å². The number of carbonyl (C=O) groups excluding carboxylic acids is 5. The van der Waals surface area contributed by atoms with E-state index in [1.165, 1.54) is 125 Å². The van der Waals surface area contributed by atoms with Gasteiger partial charge in [-0.1, -0.05) is 12.1 Å². The van der Waals surface area contributed by atoms with Crippen molar-refractivity contribution in [1.29, 1.82) is 0 Å². The van der Waals surface area contributed by atoms with Crippen LogP contribution in [0.15, 0.2) is 36.4 Å². The average molecular weight is 1530 g/mol. The summed E-state index contributed by atoms with van der Waals surface area (Å²) in [6, 6.07) is 10.4. The summed E-state index contributed by atoms with van der Waals surface area (Å²) in [7, 11) is 0. The highest BCUT2D eigenvalue weighted by Gasteiger charge is 2.55. The Balaban J connectivity index is 0.000000174. The number of nitrogens with two attached hydrogens (primary N) is 3. The minimum absolute atomic E-state index is 0.0300. The number of benzene rings is 2. The van der Waals surface area contributed by atoms with Crippen LogP contribution in [0.5, 0.6) is 0 Å². The van der Waals surface area contributed by atoms with Crippen LogP contribution in [0.25, 0.3) is 9.69 Å². The number of rotatable bonds is 31. The number of amides is 5. The largest absolute Gasteiger partial charge is 0.481 e. The Morgan fingerprint density at radius 1 is 0.472 bits per heavy atom. The van der Waals surface area contributed by atoms with Crippen LogP contribution in [0, 0.1) is 96.5 Å². The molecule has 12 saturated carbocycles. The normalized spacial score (nSPS) is 28.5. The Morgan fingerprint density at radius 3 is 1.06 bits per heavy atom. The minimum Gasteiger partial charge on any atom is -0.481 e. The number of carbonyl (C=O) groups is 7. The summed E-state index contributed by atoms with van der Waals surface area (Å²) >= 11 is 11.2. The number of nitrogens with one attached hydrogen (secondary N) is 3. The molecule has 12 aliphatic carbocycles. The lowest BCUT2D eigenvalue weighted by Gasteiger charge is -2.56.